The molecule has 3 nitrogen and oxygen atoms in total. The highest BCUT2D eigenvalue weighted by molar-refractivity contribution is 5.21. The summed E-state index contributed by atoms with van der Waals surface area (Å²) in [7, 11) is 4.13. The standard InChI is InChI=1S/C15H24FN3/c1-12(19-9-7-17-8-10-19)15(18(2)3)13-5-4-6-14(16)11-13/h4-6,11-12,15,17H,7-10H2,1-3H3. The van der Waals surface area contributed by atoms with Gasteiger partial charge in [0.2, 0.25) is 0 Å². The number of nitrogens with one attached hydrogen (secondary N) is 1. The minimum absolute atomic E-state index is 0.156. The Morgan fingerprint density at radius 2 is 1.95 bits per heavy atom. The molecule has 0 aromatic heterocycles. The fourth-order valence-corrected chi connectivity index (χ4v) is 2.99. The molecule has 0 amide bonds. The van der Waals surface area contributed by atoms with Gasteiger partial charge in [0.1, 0.15) is 5.82 Å². The van der Waals surface area contributed by atoms with Crippen molar-refractivity contribution in [2.45, 2.75) is 19.0 Å². The predicted octanol–water partition coefficient (Wildman–Crippen LogP) is 1.72. The van der Waals surface area contributed by atoms with Gasteiger partial charge in [-0.15, -0.1) is 0 Å². The number of likely N-dealkylation sites (N-methyl/N-ethyl adjacent to an activating group) is 1. The molecule has 0 bridgehead atoms. The van der Waals surface area contributed by atoms with Crippen LogP contribution in [0.4, 0.5) is 4.39 Å². The lowest BCUT2D eigenvalue weighted by molar-refractivity contribution is 0.106. The maximum absolute atomic E-state index is 13.5. The number of nitrogens with zero attached hydrogens (tertiary/aromatic N) is 2. The van der Waals surface area contributed by atoms with E-state index in [1.807, 2.05) is 6.07 Å². The Bertz CT molecular complexity index is 402. The Morgan fingerprint density at radius 1 is 1.26 bits per heavy atom. The second kappa shape index (κ2) is 6.46. The van der Waals surface area contributed by atoms with Crippen LogP contribution in [-0.4, -0.2) is 56.1 Å². The number of piperazine rings is 1. The third-order valence-corrected chi connectivity index (χ3v) is 3.93. The van der Waals surface area contributed by atoms with Crippen molar-refractivity contribution in [3.63, 3.8) is 0 Å². The maximum Gasteiger partial charge on any atom is 0.123 e. The SMILES string of the molecule is CC(C(c1cccc(F)c1)N(C)C)N1CCNCC1. The zero-order chi connectivity index (χ0) is 13.8. The number of rotatable bonds is 4. The summed E-state index contributed by atoms with van der Waals surface area (Å²) in [5.41, 5.74) is 1.05. The zero-order valence-corrected chi connectivity index (χ0v) is 12.1. The minimum Gasteiger partial charge on any atom is -0.314 e. The van der Waals surface area contributed by atoms with Gasteiger partial charge in [-0.3, -0.25) is 4.90 Å². The van der Waals surface area contributed by atoms with Gasteiger partial charge in [0.25, 0.3) is 0 Å². The molecule has 2 unspecified atom stereocenters. The molecule has 1 aliphatic heterocycles. The first kappa shape index (κ1) is 14.4. The van der Waals surface area contributed by atoms with E-state index in [1.54, 1.807) is 12.1 Å². The molecule has 0 aliphatic carbocycles. The smallest absolute Gasteiger partial charge is 0.123 e. The Morgan fingerprint density at radius 3 is 2.53 bits per heavy atom. The van der Waals surface area contributed by atoms with Gasteiger partial charge < -0.3 is 10.2 Å². The summed E-state index contributed by atoms with van der Waals surface area (Å²) in [5, 5.41) is 3.37. The fraction of sp³-hybridized carbons (Fsp3) is 0.600. The lowest BCUT2D eigenvalue weighted by atomic mass is 9.97. The summed E-state index contributed by atoms with van der Waals surface area (Å²) in [6.07, 6.45) is 0. The van der Waals surface area contributed by atoms with Gasteiger partial charge in [-0.1, -0.05) is 12.1 Å². The van der Waals surface area contributed by atoms with E-state index in [0.717, 1.165) is 31.7 Å². The highest BCUT2D eigenvalue weighted by Gasteiger charge is 2.27. The van der Waals surface area contributed by atoms with Gasteiger partial charge in [0.15, 0.2) is 0 Å². The maximum atomic E-state index is 13.5. The first-order chi connectivity index (χ1) is 9.09. The second-order valence-corrected chi connectivity index (χ2v) is 5.49. The molecule has 2 rings (SSSR count). The molecule has 2 atom stereocenters. The number of hydrogen-bond acceptors (Lipinski definition) is 3. The largest absolute Gasteiger partial charge is 0.314 e. The predicted molar refractivity (Wildman–Crippen MR) is 76.7 cm³/mol. The van der Waals surface area contributed by atoms with E-state index in [4.69, 9.17) is 0 Å². The highest BCUT2D eigenvalue weighted by atomic mass is 19.1. The molecule has 4 heteroatoms. The third kappa shape index (κ3) is 3.53. The van der Waals surface area contributed by atoms with E-state index in [0.29, 0.717) is 6.04 Å². The van der Waals surface area contributed by atoms with Crippen molar-refractivity contribution in [2.24, 2.45) is 0 Å². The van der Waals surface area contributed by atoms with E-state index < -0.39 is 0 Å². The van der Waals surface area contributed by atoms with Crippen LogP contribution >= 0.6 is 0 Å². The van der Waals surface area contributed by atoms with Crippen molar-refractivity contribution in [3.8, 4) is 0 Å². The molecule has 106 valence electrons. The summed E-state index contributed by atoms with van der Waals surface area (Å²) in [6, 6.07) is 7.57. The molecule has 1 saturated heterocycles. The molecule has 0 saturated carbocycles. The van der Waals surface area contributed by atoms with Crippen LogP contribution in [0.5, 0.6) is 0 Å². The highest BCUT2D eigenvalue weighted by Crippen LogP contribution is 2.26. The van der Waals surface area contributed by atoms with Crippen molar-refractivity contribution in [2.75, 3.05) is 40.3 Å². The van der Waals surface area contributed by atoms with Crippen LogP contribution in [-0.2, 0) is 0 Å². The molecule has 0 radical (unpaired) electrons. The zero-order valence-electron chi connectivity index (χ0n) is 12.1. The summed E-state index contributed by atoms with van der Waals surface area (Å²) in [5.74, 6) is -0.156. The molecular weight excluding hydrogens is 241 g/mol. The van der Waals surface area contributed by atoms with Gasteiger partial charge in [-0.2, -0.15) is 0 Å². The Hall–Kier alpha value is -0.970. The lowest BCUT2D eigenvalue weighted by Gasteiger charge is -2.40. The average molecular weight is 265 g/mol. The van der Waals surface area contributed by atoms with Crippen LogP contribution in [0.25, 0.3) is 0 Å². The van der Waals surface area contributed by atoms with Crippen molar-refractivity contribution in [1.82, 2.24) is 15.1 Å². The molecule has 19 heavy (non-hydrogen) atoms. The van der Waals surface area contributed by atoms with Gasteiger partial charge in [-0.25, -0.2) is 4.39 Å². The van der Waals surface area contributed by atoms with Crippen molar-refractivity contribution in [1.29, 1.82) is 0 Å². The quantitative estimate of drug-likeness (QED) is 0.894. The van der Waals surface area contributed by atoms with E-state index in [1.165, 1.54) is 6.07 Å². The van der Waals surface area contributed by atoms with Crippen LogP contribution in [0.2, 0.25) is 0 Å². The Labute approximate surface area is 115 Å². The summed E-state index contributed by atoms with van der Waals surface area (Å²) in [6.45, 7) is 6.42. The van der Waals surface area contributed by atoms with Crippen molar-refractivity contribution >= 4 is 0 Å². The van der Waals surface area contributed by atoms with Crippen molar-refractivity contribution < 1.29 is 4.39 Å². The van der Waals surface area contributed by atoms with Crippen LogP contribution in [0, 0.1) is 5.82 Å². The van der Waals surface area contributed by atoms with Crippen LogP contribution in [0.15, 0.2) is 24.3 Å². The number of halogens is 1. The molecule has 1 aromatic carbocycles. The van der Waals surface area contributed by atoms with E-state index in [2.05, 4.69) is 36.1 Å². The van der Waals surface area contributed by atoms with Gasteiger partial charge in [0, 0.05) is 38.3 Å². The normalized spacial score (nSPS) is 20.5. The van der Waals surface area contributed by atoms with Gasteiger partial charge in [0.05, 0.1) is 0 Å². The summed E-state index contributed by atoms with van der Waals surface area (Å²) in [4.78, 5) is 4.66. The molecule has 0 spiro atoms. The van der Waals surface area contributed by atoms with E-state index >= 15 is 0 Å². The topological polar surface area (TPSA) is 18.5 Å². The van der Waals surface area contributed by atoms with E-state index in [9.17, 15) is 4.39 Å². The summed E-state index contributed by atoms with van der Waals surface area (Å²) < 4.78 is 13.5. The fourth-order valence-electron chi connectivity index (χ4n) is 2.99. The molecule has 1 heterocycles. The van der Waals surface area contributed by atoms with Gasteiger partial charge in [-0.05, 0) is 38.7 Å². The van der Waals surface area contributed by atoms with E-state index in [-0.39, 0.29) is 11.9 Å². The molecule has 1 aromatic rings. The lowest BCUT2D eigenvalue weighted by Crippen LogP contribution is -2.51. The van der Waals surface area contributed by atoms with Crippen LogP contribution in [0.3, 0.4) is 0 Å². The van der Waals surface area contributed by atoms with Gasteiger partial charge >= 0.3 is 0 Å². The molecule has 1 N–H and O–H groups in total. The molecule has 1 aliphatic rings. The monoisotopic (exact) mass is 265 g/mol. The minimum atomic E-state index is -0.156. The van der Waals surface area contributed by atoms with Crippen molar-refractivity contribution in [3.05, 3.63) is 35.6 Å². The second-order valence-electron chi connectivity index (χ2n) is 5.49. The average Bonchev–Trinajstić information content (AvgIpc) is 2.39. The van der Waals surface area contributed by atoms with Crippen LogP contribution in [0.1, 0.15) is 18.5 Å². The molecular formula is C15H24FN3. The summed E-state index contributed by atoms with van der Waals surface area (Å²) >= 11 is 0. The third-order valence-electron chi connectivity index (χ3n) is 3.93. The number of benzene rings is 1. The first-order valence-electron chi connectivity index (χ1n) is 6.96. The number of hydrogen-bond donors (Lipinski definition) is 1. The Kier molecular flexibility index (Phi) is 4.91. The Balaban J connectivity index is 2.19. The first-order valence-corrected chi connectivity index (χ1v) is 6.96. The molecule has 1 fully saturated rings. The van der Waals surface area contributed by atoms with Crippen LogP contribution < -0.4 is 5.32 Å².